The number of anilines is 1. The topological polar surface area (TPSA) is 68.1 Å². The molecule has 27 heavy (non-hydrogen) atoms. The lowest BCUT2D eigenvalue weighted by Gasteiger charge is -2.25. The normalized spacial score (nSPS) is 12.0. The molecule has 2 heterocycles. The van der Waals surface area contributed by atoms with Crippen LogP contribution in [0.15, 0.2) is 30.7 Å². The van der Waals surface area contributed by atoms with Gasteiger partial charge in [0, 0.05) is 19.2 Å². The minimum atomic E-state index is -0.739. The Morgan fingerprint density at radius 3 is 2.81 bits per heavy atom. The second-order valence-corrected chi connectivity index (χ2v) is 7.76. The van der Waals surface area contributed by atoms with Crippen LogP contribution in [0.5, 0.6) is 0 Å². The fourth-order valence-corrected chi connectivity index (χ4v) is 3.78. The molecule has 0 bridgehead atoms. The van der Waals surface area contributed by atoms with Crippen LogP contribution < -0.4 is 4.90 Å². The van der Waals surface area contributed by atoms with E-state index in [9.17, 15) is 9.59 Å². The van der Waals surface area contributed by atoms with Crippen molar-refractivity contribution >= 4 is 52.5 Å². The Bertz CT molecular complexity index is 770. The Morgan fingerprint density at radius 2 is 2.22 bits per heavy atom. The molecule has 146 valence electrons. The molecular weight excluding hydrogens is 404 g/mol. The van der Waals surface area contributed by atoms with Gasteiger partial charge in [0.25, 0.3) is 0 Å². The van der Waals surface area contributed by atoms with Gasteiger partial charge in [-0.2, -0.15) is 16.9 Å². The second kappa shape index (κ2) is 10.7. The SMILES string of the molecule is [CH2-]SCC(C(=O)CCSC)C(=O)N(CC)c1cn(-c2cccnc2)nc1Cl. The summed E-state index contributed by atoms with van der Waals surface area (Å²) in [6.45, 7) is 2.22. The number of amides is 1. The Morgan fingerprint density at radius 1 is 1.44 bits per heavy atom. The summed E-state index contributed by atoms with van der Waals surface area (Å²) in [7, 11) is 0. The van der Waals surface area contributed by atoms with Crippen molar-refractivity contribution in [2.75, 3.05) is 29.2 Å². The van der Waals surface area contributed by atoms with Gasteiger partial charge in [0.05, 0.1) is 18.1 Å². The van der Waals surface area contributed by atoms with Crippen LogP contribution in [-0.2, 0) is 9.59 Å². The standard InChI is InChI=1S/C18H22ClN4O2S2/c1-4-22(18(25)14(12-27-3)16(24)7-9-26-2)15-11-23(21-17(15)19)13-6-5-8-20-10-13/h5-6,8,10-11,14H,3-4,7,9,12H2,1-2H3/q-1. The first-order valence-electron chi connectivity index (χ1n) is 8.39. The molecular formula is C18H22ClN4O2S2-. The zero-order chi connectivity index (χ0) is 19.8. The van der Waals surface area contributed by atoms with Gasteiger partial charge >= 0.3 is 0 Å². The second-order valence-electron chi connectivity index (χ2n) is 5.68. The Balaban J connectivity index is 2.30. The number of aromatic nitrogens is 3. The average Bonchev–Trinajstić information content (AvgIpc) is 3.07. The third-order valence-electron chi connectivity index (χ3n) is 3.96. The average molecular weight is 426 g/mol. The fourth-order valence-electron chi connectivity index (χ4n) is 2.58. The van der Waals surface area contributed by atoms with Crippen molar-refractivity contribution in [3.63, 3.8) is 0 Å². The smallest absolute Gasteiger partial charge is 0.238 e. The molecule has 2 aromatic heterocycles. The number of hydrogen-bond acceptors (Lipinski definition) is 6. The summed E-state index contributed by atoms with van der Waals surface area (Å²) in [6, 6.07) is 3.63. The van der Waals surface area contributed by atoms with Crippen LogP contribution >= 0.6 is 35.1 Å². The maximum Gasteiger partial charge on any atom is 0.238 e. The minimum Gasteiger partial charge on any atom is -0.353 e. The number of nitrogens with zero attached hydrogens (tertiary/aromatic N) is 4. The van der Waals surface area contributed by atoms with Crippen LogP contribution in [0.2, 0.25) is 5.15 Å². The highest BCUT2D eigenvalue weighted by Crippen LogP contribution is 2.28. The van der Waals surface area contributed by atoms with Crippen LogP contribution in [0, 0.1) is 12.2 Å². The van der Waals surface area contributed by atoms with Crippen LogP contribution in [-0.4, -0.2) is 50.8 Å². The third kappa shape index (κ3) is 5.49. The van der Waals surface area contributed by atoms with Gasteiger partial charge in [0.2, 0.25) is 5.91 Å². The highest BCUT2D eigenvalue weighted by Gasteiger charge is 2.31. The van der Waals surface area contributed by atoms with E-state index in [1.54, 1.807) is 41.1 Å². The molecule has 1 atom stereocenters. The molecule has 0 N–H and O–H groups in total. The molecule has 0 aliphatic carbocycles. The minimum absolute atomic E-state index is 0.0697. The van der Waals surface area contributed by atoms with Gasteiger partial charge in [-0.3, -0.25) is 20.8 Å². The number of rotatable bonds is 10. The Hall–Kier alpha value is -1.51. The number of Topliss-reactive ketones (excluding diaryl/α,β-unsaturated/α-hetero) is 1. The van der Waals surface area contributed by atoms with Crippen molar-refractivity contribution in [2.24, 2.45) is 5.92 Å². The molecule has 0 radical (unpaired) electrons. The zero-order valence-corrected chi connectivity index (χ0v) is 17.7. The van der Waals surface area contributed by atoms with E-state index in [1.807, 2.05) is 19.2 Å². The van der Waals surface area contributed by atoms with E-state index >= 15 is 0 Å². The number of hydrogen-bond donors (Lipinski definition) is 0. The summed E-state index contributed by atoms with van der Waals surface area (Å²) in [4.78, 5) is 31.2. The lowest BCUT2D eigenvalue weighted by molar-refractivity contribution is -0.131. The van der Waals surface area contributed by atoms with E-state index in [1.165, 1.54) is 16.7 Å². The molecule has 0 saturated carbocycles. The van der Waals surface area contributed by atoms with E-state index < -0.39 is 5.92 Å². The molecule has 0 aromatic carbocycles. The summed E-state index contributed by atoms with van der Waals surface area (Å²) in [5.74, 6) is -0.0443. The van der Waals surface area contributed by atoms with Crippen molar-refractivity contribution in [1.29, 1.82) is 0 Å². The Kier molecular flexibility index (Phi) is 8.66. The molecule has 2 aromatic rings. The maximum absolute atomic E-state index is 13.1. The molecule has 1 amide bonds. The van der Waals surface area contributed by atoms with Crippen molar-refractivity contribution in [2.45, 2.75) is 13.3 Å². The molecule has 9 heteroatoms. The van der Waals surface area contributed by atoms with E-state index in [0.29, 0.717) is 30.2 Å². The summed E-state index contributed by atoms with van der Waals surface area (Å²) >= 11 is 9.13. The monoisotopic (exact) mass is 425 g/mol. The lowest BCUT2D eigenvalue weighted by atomic mass is 10.0. The van der Waals surface area contributed by atoms with Crippen LogP contribution in [0.25, 0.3) is 5.69 Å². The predicted molar refractivity (Wildman–Crippen MR) is 114 cm³/mol. The summed E-state index contributed by atoms with van der Waals surface area (Å²) in [5, 5.41) is 4.47. The van der Waals surface area contributed by atoms with E-state index in [-0.39, 0.29) is 16.8 Å². The van der Waals surface area contributed by atoms with Crippen LogP contribution in [0.1, 0.15) is 13.3 Å². The van der Waals surface area contributed by atoms with Gasteiger partial charge in [-0.1, -0.05) is 11.6 Å². The number of carbonyl (C=O) groups is 2. The van der Waals surface area contributed by atoms with E-state index in [4.69, 9.17) is 11.6 Å². The van der Waals surface area contributed by atoms with Crippen molar-refractivity contribution in [3.8, 4) is 5.69 Å². The summed E-state index contributed by atoms with van der Waals surface area (Å²) in [5.41, 5.74) is 1.21. The van der Waals surface area contributed by atoms with Crippen molar-refractivity contribution in [3.05, 3.63) is 42.1 Å². The van der Waals surface area contributed by atoms with E-state index in [0.717, 1.165) is 5.69 Å². The number of halogens is 1. The van der Waals surface area contributed by atoms with Gasteiger partial charge in [-0.05, 0) is 36.8 Å². The highest BCUT2D eigenvalue weighted by molar-refractivity contribution is 8.00. The van der Waals surface area contributed by atoms with Gasteiger partial charge in [-0.15, -0.1) is 0 Å². The number of thioether (sulfide) groups is 2. The molecule has 1 unspecified atom stereocenters. The summed E-state index contributed by atoms with van der Waals surface area (Å²) in [6.07, 6.45) is 11.0. The third-order valence-corrected chi connectivity index (χ3v) is 5.41. The van der Waals surface area contributed by atoms with Gasteiger partial charge in [0.15, 0.2) is 5.15 Å². The molecule has 0 aliphatic rings. The van der Waals surface area contributed by atoms with Gasteiger partial charge in [0.1, 0.15) is 17.4 Å². The quantitative estimate of drug-likeness (QED) is 0.426. The lowest BCUT2D eigenvalue weighted by Crippen LogP contribution is -2.41. The molecule has 0 aliphatic heterocycles. The molecule has 2 rings (SSSR count). The van der Waals surface area contributed by atoms with Gasteiger partial charge < -0.3 is 16.7 Å². The van der Waals surface area contributed by atoms with Crippen LogP contribution in [0.4, 0.5) is 5.69 Å². The predicted octanol–water partition coefficient (Wildman–Crippen LogP) is 3.74. The maximum atomic E-state index is 13.1. The largest absolute Gasteiger partial charge is 0.353 e. The van der Waals surface area contributed by atoms with Crippen LogP contribution in [0.3, 0.4) is 0 Å². The Labute approximate surface area is 173 Å². The highest BCUT2D eigenvalue weighted by atomic mass is 35.5. The molecule has 0 spiro atoms. The molecule has 0 saturated heterocycles. The van der Waals surface area contributed by atoms with E-state index in [2.05, 4.69) is 16.3 Å². The first-order chi connectivity index (χ1) is 13.0. The number of carbonyl (C=O) groups excluding carboxylic acids is 2. The number of ketones is 1. The van der Waals surface area contributed by atoms with Crippen molar-refractivity contribution in [1.82, 2.24) is 14.8 Å². The first-order valence-corrected chi connectivity index (χ1v) is 11.3. The van der Waals surface area contributed by atoms with Crippen molar-refractivity contribution < 1.29 is 9.59 Å². The summed E-state index contributed by atoms with van der Waals surface area (Å²) < 4.78 is 1.57. The first kappa shape index (κ1) is 21.8. The fraction of sp³-hybridized carbons (Fsp3) is 0.389. The zero-order valence-electron chi connectivity index (χ0n) is 15.3. The number of pyridine rings is 1. The van der Waals surface area contributed by atoms with Gasteiger partial charge in [-0.25, -0.2) is 4.68 Å². The molecule has 0 fully saturated rings. The molecule has 6 nitrogen and oxygen atoms in total.